The molecule has 0 saturated carbocycles. The van der Waals surface area contributed by atoms with Gasteiger partial charge in [0.15, 0.2) is 5.96 Å². The molecule has 0 radical (unpaired) electrons. The molecule has 0 aromatic heterocycles. The third-order valence-electron chi connectivity index (χ3n) is 3.53. The van der Waals surface area contributed by atoms with Gasteiger partial charge < -0.3 is 20.7 Å². The standard InChI is InChI=1S/C19H32N4O2.HI/c1-6-11-21-18(24)12-22-19(20-5)23-15(4)16-7-9-17(10-8-16)25-13-14(2)3;/h7-10,14-15H,6,11-13H2,1-5H3,(H,21,24)(H2,20,22,23);1H. The van der Waals surface area contributed by atoms with Crippen molar-refractivity contribution >= 4 is 35.8 Å². The zero-order valence-electron chi connectivity index (χ0n) is 16.5. The summed E-state index contributed by atoms with van der Waals surface area (Å²) in [4.78, 5) is 15.8. The Bertz CT molecular complexity index is 547. The number of hydrogen-bond donors (Lipinski definition) is 3. The molecule has 1 aromatic rings. The second kappa shape index (κ2) is 13.7. The summed E-state index contributed by atoms with van der Waals surface area (Å²) < 4.78 is 5.70. The number of carbonyl (C=O) groups is 1. The molecule has 1 aromatic carbocycles. The van der Waals surface area contributed by atoms with E-state index >= 15 is 0 Å². The Balaban J connectivity index is 0.00000625. The highest BCUT2D eigenvalue weighted by Crippen LogP contribution is 2.18. The lowest BCUT2D eigenvalue weighted by Crippen LogP contribution is -2.44. The van der Waals surface area contributed by atoms with E-state index in [0.29, 0.717) is 25.0 Å². The summed E-state index contributed by atoms with van der Waals surface area (Å²) in [5.74, 6) is 1.94. The molecule has 0 aliphatic rings. The van der Waals surface area contributed by atoms with Gasteiger partial charge in [0.1, 0.15) is 5.75 Å². The summed E-state index contributed by atoms with van der Waals surface area (Å²) in [5.41, 5.74) is 1.12. The Labute approximate surface area is 174 Å². The fraction of sp³-hybridized carbons (Fsp3) is 0.579. The van der Waals surface area contributed by atoms with E-state index in [0.717, 1.165) is 17.7 Å². The number of guanidine groups is 1. The van der Waals surface area contributed by atoms with E-state index in [1.165, 1.54) is 0 Å². The van der Waals surface area contributed by atoms with Gasteiger partial charge in [-0.05, 0) is 37.0 Å². The van der Waals surface area contributed by atoms with Crippen molar-refractivity contribution < 1.29 is 9.53 Å². The van der Waals surface area contributed by atoms with E-state index in [-0.39, 0.29) is 42.5 Å². The lowest BCUT2D eigenvalue weighted by Gasteiger charge is -2.18. The molecule has 148 valence electrons. The number of carbonyl (C=O) groups excluding carboxylic acids is 1. The van der Waals surface area contributed by atoms with E-state index in [1.54, 1.807) is 7.05 Å². The number of benzene rings is 1. The van der Waals surface area contributed by atoms with Crippen molar-refractivity contribution in [2.45, 2.75) is 40.2 Å². The first-order chi connectivity index (χ1) is 12.0. The second-order valence-electron chi connectivity index (χ2n) is 6.42. The minimum absolute atomic E-state index is 0. The average molecular weight is 476 g/mol. The highest BCUT2D eigenvalue weighted by atomic mass is 127. The van der Waals surface area contributed by atoms with Crippen molar-refractivity contribution in [2.75, 3.05) is 26.7 Å². The van der Waals surface area contributed by atoms with Crippen molar-refractivity contribution in [3.63, 3.8) is 0 Å². The van der Waals surface area contributed by atoms with Crippen molar-refractivity contribution in [3.05, 3.63) is 29.8 Å². The van der Waals surface area contributed by atoms with Gasteiger partial charge in [0, 0.05) is 13.6 Å². The van der Waals surface area contributed by atoms with Crippen molar-refractivity contribution in [3.8, 4) is 5.75 Å². The second-order valence-corrected chi connectivity index (χ2v) is 6.42. The monoisotopic (exact) mass is 476 g/mol. The van der Waals surface area contributed by atoms with Gasteiger partial charge in [-0.1, -0.05) is 32.9 Å². The quantitative estimate of drug-likeness (QED) is 0.291. The highest BCUT2D eigenvalue weighted by Gasteiger charge is 2.09. The van der Waals surface area contributed by atoms with Crippen LogP contribution < -0.4 is 20.7 Å². The molecular formula is C19H33IN4O2. The molecule has 1 atom stereocenters. The van der Waals surface area contributed by atoms with E-state index < -0.39 is 0 Å². The van der Waals surface area contributed by atoms with Crippen LogP contribution in [0.2, 0.25) is 0 Å². The van der Waals surface area contributed by atoms with Crippen LogP contribution in [0.3, 0.4) is 0 Å². The maximum absolute atomic E-state index is 11.7. The van der Waals surface area contributed by atoms with E-state index in [4.69, 9.17) is 4.74 Å². The minimum Gasteiger partial charge on any atom is -0.493 e. The van der Waals surface area contributed by atoms with Crippen molar-refractivity contribution in [1.82, 2.24) is 16.0 Å². The lowest BCUT2D eigenvalue weighted by molar-refractivity contribution is -0.120. The average Bonchev–Trinajstić information content (AvgIpc) is 2.61. The molecule has 0 heterocycles. The Morgan fingerprint density at radius 2 is 1.81 bits per heavy atom. The largest absolute Gasteiger partial charge is 0.493 e. The number of amides is 1. The van der Waals surface area contributed by atoms with Gasteiger partial charge in [-0.25, -0.2) is 0 Å². The van der Waals surface area contributed by atoms with Crippen molar-refractivity contribution in [1.29, 1.82) is 0 Å². The molecule has 0 fully saturated rings. The molecule has 0 saturated heterocycles. The van der Waals surface area contributed by atoms with Crippen LogP contribution >= 0.6 is 24.0 Å². The molecule has 0 aliphatic heterocycles. The number of rotatable bonds is 9. The van der Waals surface area contributed by atoms with Gasteiger partial charge in [0.05, 0.1) is 19.2 Å². The summed E-state index contributed by atoms with van der Waals surface area (Å²) in [6.07, 6.45) is 0.923. The van der Waals surface area contributed by atoms with Crippen LogP contribution in [0.15, 0.2) is 29.3 Å². The lowest BCUT2D eigenvalue weighted by atomic mass is 10.1. The first kappa shape index (κ1) is 24.5. The molecule has 0 aliphatic carbocycles. The van der Waals surface area contributed by atoms with Gasteiger partial charge in [-0.3, -0.25) is 9.79 Å². The van der Waals surface area contributed by atoms with Crippen LogP contribution in [0.5, 0.6) is 5.75 Å². The number of ether oxygens (including phenoxy) is 1. The maximum Gasteiger partial charge on any atom is 0.239 e. The summed E-state index contributed by atoms with van der Waals surface area (Å²) in [7, 11) is 1.69. The van der Waals surface area contributed by atoms with E-state index in [2.05, 4.69) is 34.8 Å². The first-order valence-corrected chi connectivity index (χ1v) is 8.92. The fourth-order valence-electron chi connectivity index (χ4n) is 2.09. The zero-order chi connectivity index (χ0) is 18.7. The van der Waals surface area contributed by atoms with Crippen molar-refractivity contribution in [2.24, 2.45) is 10.9 Å². The molecule has 1 amide bonds. The van der Waals surface area contributed by atoms with Crippen LogP contribution in [0.25, 0.3) is 0 Å². The topological polar surface area (TPSA) is 74.8 Å². The molecule has 1 unspecified atom stereocenters. The molecule has 0 bridgehead atoms. The molecule has 6 nitrogen and oxygen atoms in total. The third-order valence-corrected chi connectivity index (χ3v) is 3.53. The fourth-order valence-corrected chi connectivity index (χ4v) is 2.09. The van der Waals surface area contributed by atoms with Crippen LogP contribution in [0.1, 0.15) is 45.7 Å². The van der Waals surface area contributed by atoms with Gasteiger partial charge in [-0.2, -0.15) is 0 Å². The van der Waals surface area contributed by atoms with Gasteiger partial charge in [0.25, 0.3) is 0 Å². The first-order valence-electron chi connectivity index (χ1n) is 8.92. The molecule has 26 heavy (non-hydrogen) atoms. The predicted molar refractivity (Wildman–Crippen MR) is 118 cm³/mol. The Morgan fingerprint density at radius 3 is 2.35 bits per heavy atom. The zero-order valence-corrected chi connectivity index (χ0v) is 18.8. The Morgan fingerprint density at radius 1 is 1.15 bits per heavy atom. The molecule has 7 heteroatoms. The summed E-state index contributed by atoms with van der Waals surface area (Å²) in [6.45, 7) is 9.93. The molecular weight excluding hydrogens is 443 g/mol. The van der Waals surface area contributed by atoms with Gasteiger partial charge >= 0.3 is 0 Å². The van der Waals surface area contributed by atoms with Gasteiger partial charge in [0.2, 0.25) is 5.91 Å². The van der Waals surface area contributed by atoms with Crippen LogP contribution in [0, 0.1) is 5.92 Å². The third kappa shape index (κ3) is 9.84. The summed E-state index contributed by atoms with van der Waals surface area (Å²) in [5, 5.41) is 9.13. The number of hydrogen-bond acceptors (Lipinski definition) is 3. The predicted octanol–water partition coefficient (Wildman–Crippen LogP) is 3.09. The number of nitrogens with zero attached hydrogens (tertiary/aromatic N) is 1. The Kier molecular flexibility index (Phi) is 12.9. The Hall–Kier alpha value is -1.51. The van der Waals surface area contributed by atoms with Crippen LogP contribution in [-0.2, 0) is 4.79 Å². The summed E-state index contributed by atoms with van der Waals surface area (Å²) >= 11 is 0. The number of aliphatic imine (C=N–C) groups is 1. The van der Waals surface area contributed by atoms with Crippen LogP contribution in [-0.4, -0.2) is 38.6 Å². The number of nitrogens with one attached hydrogen (secondary N) is 3. The SMILES string of the molecule is CCCNC(=O)CNC(=NC)NC(C)c1ccc(OCC(C)C)cc1.I. The maximum atomic E-state index is 11.7. The van der Waals surface area contributed by atoms with E-state index in [9.17, 15) is 4.79 Å². The molecule has 0 spiro atoms. The van der Waals surface area contributed by atoms with Gasteiger partial charge in [-0.15, -0.1) is 24.0 Å². The van der Waals surface area contributed by atoms with Crippen LogP contribution in [0.4, 0.5) is 0 Å². The molecule has 3 N–H and O–H groups in total. The summed E-state index contributed by atoms with van der Waals surface area (Å²) in [6, 6.07) is 8.08. The minimum atomic E-state index is -0.0379. The number of halogens is 1. The normalized spacial score (nSPS) is 12.2. The van der Waals surface area contributed by atoms with E-state index in [1.807, 2.05) is 38.1 Å². The highest BCUT2D eigenvalue weighted by molar-refractivity contribution is 14.0. The molecule has 1 rings (SSSR count). The smallest absolute Gasteiger partial charge is 0.239 e.